The Balaban J connectivity index is 1.69. The molecule has 1 aliphatic carbocycles. The summed E-state index contributed by atoms with van der Waals surface area (Å²) < 4.78 is 118. The van der Waals surface area contributed by atoms with Gasteiger partial charge in [-0.1, -0.05) is 115 Å². The van der Waals surface area contributed by atoms with Gasteiger partial charge in [0.15, 0.2) is 46.5 Å². The van der Waals surface area contributed by atoms with E-state index in [0.717, 1.165) is 77.0 Å². The van der Waals surface area contributed by atoms with Crippen molar-refractivity contribution >= 4 is 0 Å². The van der Waals surface area contributed by atoms with Crippen LogP contribution in [-0.4, -0.2) is 0 Å². The minimum atomic E-state index is -1.51. The molecule has 49 heavy (non-hydrogen) atoms. The zero-order chi connectivity index (χ0) is 35.3. The number of fused-ring (bicyclic) bond motifs is 3. The summed E-state index contributed by atoms with van der Waals surface area (Å²) in [6.45, 7) is 4.26. The lowest BCUT2D eigenvalue weighted by Crippen LogP contribution is -2.26. The molecule has 5 rings (SSSR count). The number of hydrogen-bond donors (Lipinski definition) is 0. The van der Waals surface area contributed by atoms with Gasteiger partial charge in [0.1, 0.15) is 0 Å². The zero-order valence-electron chi connectivity index (χ0n) is 28.0. The van der Waals surface area contributed by atoms with Crippen molar-refractivity contribution in [2.24, 2.45) is 0 Å². The summed E-state index contributed by atoms with van der Waals surface area (Å²) in [4.78, 5) is 0. The zero-order valence-corrected chi connectivity index (χ0v) is 28.0. The van der Waals surface area contributed by atoms with Crippen molar-refractivity contribution in [2.45, 2.75) is 109 Å². The van der Waals surface area contributed by atoms with Gasteiger partial charge in [0.25, 0.3) is 0 Å². The average Bonchev–Trinajstić information content (AvgIpc) is 3.34. The fourth-order valence-electron chi connectivity index (χ4n) is 7.54. The van der Waals surface area contributed by atoms with Crippen LogP contribution in [0.1, 0.15) is 115 Å². The number of hydrogen-bond acceptors (Lipinski definition) is 0. The van der Waals surface area contributed by atoms with Crippen molar-refractivity contribution in [1.82, 2.24) is 0 Å². The standard InChI is InChI=1S/C41H42F8/c1-3-5-7-9-11-13-19-41(20-14-12-10-8-6-4-2)29-21-25(35-37(46)31(42)23-32(43)38(35)47)15-17-27(29)28-18-16-26(22-30(28)41)36-39(48)33(44)24-34(45)40(36)49/h15-18,21-24H,3-14,19-20H2,1-2H3. The topological polar surface area (TPSA) is 0 Å². The Morgan fingerprint density at radius 3 is 1.08 bits per heavy atom. The molecule has 0 nitrogen and oxygen atoms in total. The summed E-state index contributed by atoms with van der Waals surface area (Å²) in [7, 11) is 0. The lowest BCUT2D eigenvalue weighted by molar-refractivity contribution is 0.398. The highest BCUT2D eigenvalue weighted by atomic mass is 19.2. The summed E-state index contributed by atoms with van der Waals surface area (Å²) in [5.41, 5.74) is 0.276. The van der Waals surface area contributed by atoms with Crippen LogP contribution in [0.3, 0.4) is 0 Å². The number of unbranched alkanes of at least 4 members (excludes halogenated alkanes) is 10. The minimum absolute atomic E-state index is 0.0419. The Hall–Kier alpha value is -3.68. The number of benzene rings is 4. The molecule has 262 valence electrons. The molecule has 0 aliphatic heterocycles. The Kier molecular flexibility index (Phi) is 11.9. The molecular formula is C41H42F8. The lowest BCUT2D eigenvalue weighted by atomic mass is 9.70. The molecule has 8 heteroatoms. The smallest absolute Gasteiger partial charge is 0.169 e. The second-order valence-corrected chi connectivity index (χ2v) is 13.3. The predicted molar refractivity (Wildman–Crippen MR) is 179 cm³/mol. The van der Waals surface area contributed by atoms with Crippen LogP contribution in [0.2, 0.25) is 0 Å². The molecule has 1 aliphatic rings. The van der Waals surface area contributed by atoms with Crippen LogP contribution in [0.15, 0.2) is 48.5 Å². The van der Waals surface area contributed by atoms with E-state index in [1.807, 2.05) is 0 Å². The third-order valence-electron chi connectivity index (χ3n) is 10.1. The molecule has 0 aromatic heterocycles. The van der Waals surface area contributed by atoms with Gasteiger partial charge in [-0.25, -0.2) is 35.1 Å². The lowest BCUT2D eigenvalue weighted by Gasteiger charge is -2.33. The van der Waals surface area contributed by atoms with E-state index in [4.69, 9.17) is 0 Å². The highest BCUT2D eigenvalue weighted by Crippen LogP contribution is 2.56. The largest absolute Gasteiger partial charge is 0.204 e. The van der Waals surface area contributed by atoms with E-state index < -0.39 is 63.1 Å². The number of rotatable bonds is 16. The number of halogens is 8. The van der Waals surface area contributed by atoms with Gasteiger partial charge >= 0.3 is 0 Å². The van der Waals surface area contributed by atoms with Crippen molar-refractivity contribution in [3.8, 4) is 33.4 Å². The summed E-state index contributed by atoms with van der Waals surface area (Å²) >= 11 is 0. The van der Waals surface area contributed by atoms with E-state index in [1.54, 1.807) is 24.3 Å². The van der Waals surface area contributed by atoms with Crippen molar-refractivity contribution in [3.05, 3.63) is 106 Å². The first kappa shape index (κ1) is 36.6. The van der Waals surface area contributed by atoms with E-state index in [-0.39, 0.29) is 23.3 Å². The van der Waals surface area contributed by atoms with E-state index in [9.17, 15) is 17.6 Å². The molecule has 0 heterocycles. The normalized spacial score (nSPS) is 13.2. The molecule has 0 atom stereocenters. The molecule has 0 bridgehead atoms. The maximum atomic E-state index is 15.1. The summed E-state index contributed by atoms with van der Waals surface area (Å²) in [6, 6.07) is 9.62. The van der Waals surface area contributed by atoms with E-state index in [1.165, 1.54) is 12.1 Å². The van der Waals surface area contributed by atoms with E-state index >= 15 is 17.6 Å². The van der Waals surface area contributed by atoms with Crippen LogP contribution >= 0.6 is 0 Å². The summed E-state index contributed by atoms with van der Waals surface area (Å²) in [5, 5.41) is 0. The third-order valence-corrected chi connectivity index (χ3v) is 10.1. The van der Waals surface area contributed by atoms with Crippen molar-refractivity contribution in [3.63, 3.8) is 0 Å². The van der Waals surface area contributed by atoms with E-state index in [0.29, 0.717) is 35.1 Å². The van der Waals surface area contributed by atoms with Crippen LogP contribution in [0.4, 0.5) is 35.1 Å². The maximum absolute atomic E-state index is 15.1. The molecule has 0 fully saturated rings. The second-order valence-electron chi connectivity index (χ2n) is 13.3. The Labute approximate surface area is 283 Å². The van der Waals surface area contributed by atoms with Crippen molar-refractivity contribution in [1.29, 1.82) is 0 Å². The minimum Gasteiger partial charge on any atom is -0.204 e. The molecule has 0 unspecified atom stereocenters. The maximum Gasteiger partial charge on any atom is 0.169 e. The third kappa shape index (κ3) is 7.29. The van der Waals surface area contributed by atoms with Gasteiger partial charge in [-0.05, 0) is 58.4 Å². The average molecular weight is 687 g/mol. The van der Waals surface area contributed by atoms with Crippen LogP contribution < -0.4 is 0 Å². The quantitative estimate of drug-likeness (QED) is 0.0625. The van der Waals surface area contributed by atoms with Gasteiger partial charge in [-0.2, -0.15) is 0 Å². The van der Waals surface area contributed by atoms with Crippen LogP contribution in [0.25, 0.3) is 33.4 Å². The van der Waals surface area contributed by atoms with Gasteiger partial charge < -0.3 is 0 Å². The highest BCUT2D eigenvalue weighted by molar-refractivity contribution is 5.86. The molecule has 4 aromatic carbocycles. The first-order chi connectivity index (χ1) is 23.5. The van der Waals surface area contributed by atoms with Gasteiger partial charge in [-0.3, -0.25) is 0 Å². The van der Waals surface area contributed by atoms with Crippen molar-refractivity contribution in [2.75, 3.05) is 0 Å². The highest BCUT2D eigenvalue weighted by Gasteiger charge is 2.43. The monoisotopic (exact) mass is 686 g/mol. The molecule has 0 radical (unpaired) electrons. The molecule has 0 N–H and O–H groups in total. The predicted octanol–water partition coefficient (Wildman–Crippen LogP) is 13.9. The molecule has 0 saturated carbocycles. The first-order valence-electron chi connectivity index (χ1n) is 17.5. The Morgan fingerprint density at radius 2 is 0.735 bits per heavy atom. The molecular weight excluding hydrogens is 644 g/mol. The van der Waals surface area contributed by atoms with Gasteiger partial charge in [0, 0.05) is 17.5 Å². The van der Waals surface area contributed by atoms with Gasteiger partial charge in [-0.15, -0.1) is 0 Å². The molecule has 0 amide bonds. The second kappa shape index (κ2) is 15.9. The Bertz CT molecular complexity index is 1610. The van der Waals surface area contributed by atoms with Crippen LogP contribution in [0.5, 0.6) is 0 Å². The van der Waals surface area contributed by atoms with Gasteiger partial charge in [0.05, 0.1) is 11.1 Å². The van der Waals surface area contributed by atoms with Gasteiger partial charge in [0.2, 0.25) is 0 Å². The fourth-order valence-corrected chi connectivity index (χ4v) is 7.54. The molecule has 0 spiro atoms. The summed E-state index contributed by atoms with van der Waals surface area (Å²) in [6.07, 6.45) is 13.0. The first-order valence-corrected chi connectivity index (χ1v) is 17.5. The van der Waals surface area contributed by atoms with Crippen LogP contribution in [0, 0.1) is 46.5 Å². The fraction of sp³-hybridized carbons (Fsp3) is 0.415. The molecule has 4 aromatic rings. The van der Waals surface area contributed by atoms with Crippen LogP contribution in [-0.2, 0) is 5.41 Å². The summed E-state index contributed by atoms with van der Waals surface area (Å²) in [5.74, 6) is -12.1. The molecule has 0 saturated heterocycles. The van der Waals surface area contributed by atoms with Crippen molar-refractivity contribution < 1.29 is 35.1 Å². The SMILES string of the molecule is CCCCCCCCC1(CCCCCCCC)c2cc(-c3c(F)c(F)cc(F)c3F)ccc2-c2ccc(-c3c(F)c(F)cc(F)c3F)cc21. The Morgan fingerprint density at radius 1 is 0.408 bits per heavy atom. The van der Waals surface area contributed by atoms with E-state index in [2.05, 4.69) is 13.8 Å².